The van der Waals surface area contributed by atoms with Crippen LogP contribution in [0.3, 0.4) is 0 Å². The van der Waals surface area contributed by atoms with E-state index in [9.17, 15) is 14.4 Å². The highest BCUT2D eigenvalue weighted by Gasteiger charge is 2.47. The molecular weight excluding hydrogens is 458 g/mol. The molecule has 7 nitrogen and oxygen atoms in total. The number of rotatable bonds is 7. The Morgan fingerprint density at radius 3 is 2.44 bits per heavy atom. The van der Waals surface area contributed by atoms with Crippen molar-refractivity contribution >= 4 is 17.7 Å². The molecule has 0 saturated heterocycles. The minimum Gasteiger partial charge on any atom is -0.489 e. The highest BCUT2D eigenvalue weighted by molar-refractivity contribution is 6.12. The summed E-state index contributed by atoms with van der Waals surface area (Å²) in [6, 6.07) is 17.1. The van der Waals surface area contributed by atoms with Crippen molar-refractivity contribution in [3.8, 4) is 5.75 Å². The SMILES string of the molecule is CCOC(=O)C1=C(C)NC2=C(C(=O)[C@H](C(=O)OC)[C@H](C)C2)[C@H]1c1ccccc1OCc1ccccc1. The summed E-state index contributed by atoms with van der Waals surface area (Å²) in [5, 5.41) is 3.27. The standard InChI is InChI=1S/C29H31NO6/c1-5-35-29(33)24-18(3)30-21-15-17(2)23(28(32)34-4)27(31)26(21)25(24)20-13-9-10-14-22(20)36-16-19-11-7-6-8-12-19/h6-14,17,23,25,30H,5,15-16H2,1-4H3/t17-,23-,25+/m1/s1. The molecular formula is C29H31NO6. The van der Waals surface area contributed by atoms with Crippen molar-refractivity contribution in [3.63, 3.8) is 0 Å². The van der Waals surface area contributed by atoms with Crippen LogP contribution >= 0.6 is 0 Å². The van der Waals surface area contributed by atoms with Crippen LogP contribution in [0.15, 0.2) is 77.1 Å². The molecule has 4 rings (SSSR count). The summed E-state index contributed by atoms with van der Waals surface area (Å²) in [5.74, 6) is -2.83. The van der Waals surface area contributed by atoms with E-state index >= 15 is 0 Å². The number of methoxy groups -OCH3 is 1. The van der Waals surface area contributed by atoms with Crippen LogP contribution in [0, 0.1) is 11.8 Å². The van der Waals surface area contributed by atoms with Gasteiger partial charge in [0.25, 0.3) is 0 Å². The highest BCUT2D eigenvalue weighted by Crippen LogP contribution is 2.47. The van der Waals surface area contributed by atoms with Gasteiger partial charge in [-0.3, -0.25) is 9.59 Å². The lowest BCUT2D eigenvalue weighted by atomic mass is 9.69. The number of esters is 2. The summed E-state index contributed by atoms with van der Waals surface area (Å²) in [7, 11) is 1.28. The van der Waals surface area contributed by atoms with Crippen molar-refractivity contribution in [1.82, 2.24) is 5.32 Å². The third kappa shape index (κ3) is 4.78. The second-order valence-corrected chi connectivity index (χ2v) is 9.07. The zero-order valence-electron chi connectivity index (χ0n) is 21.0. The number of ether oxygens (including phenoxy) is 3. The van der Waals surface area contributed by atoms with Crippen molar-refractivity contribution in [3.05, 3.63) is 88.3 Å². The van der Waals surface area contributed by atoms with Crippen molar-refractivity contribution in [2.45, 2.75) is 39.7 Å². The van der Waals surface area contributed by atoms with E-state index in [1.165, 1.54) is 7.11 Å². The molecule has 188 valence electrons. The van der Waals surface area contributed by atoms with E-state index in [1.54, 1.807) is 13.8 Å². The lowest BCUT2D eigenvalue weighted by molar-refractivity contribution is -0.151. The van der Waals surface area contributed by atoms with Crippen LogP contribution in [0.4, 0.5) is 0 Å². The number of ketones is 1. The van der Waals surface area contributed by atoms with E-state index in [0.717, 1.165) is 5.56 Å². The van der Waals surface area contributed by atoms with Crippen LogP contribution < -0.4 is 10.1 Å². The van der Waals surface area contributed by atoms with Gasteiger partial charge in [0.1, 0.15) is 18.3 Å². The first-order chi connectivity index (χ1) is 17.4. The molecule has 1 N–H and O–H groups in total. The van der Waals surface area contributed by atoms with Crippen molar-refractivity contribution < 1.29 is 28.6 Å². The third-order valence-corrected chi connectivity index (χ3v) is 6.71. The molecule has 0 radical (unpaired) electrons. The second kappa shape index (κ2) is 10.8. The van der Waals surface area contributed by atoms with E-state index < -0.39 is 23.8 Å². The Labute approximate surface area is 211 Å². The lowest BCUT2D eigenvalue weighted by Crippen LogP contribution is -2.43. The predicted octanol–water partition coefficient (Wildman–Crippen LogP) is 4.44. The van der Waals surface area contributed by atoms with Gasteiger partial charge in [0, 0.05) is 22.5 Å². The fourth-order valence-corrected chi connectivity index (χ4v) is 5.06. The zero-order valence-corrected chi connectivity index (χ0v) is 21.0. The number of hydrogen-bond donors (Lipinski definition) is 1. The maximum Gasteiger partial charge on any atom is 0.336 e. The van der Waals surface area contributed by atoms with Crippen molar-refractivity contribution in [2.75, 3.05) is 13.7 Å². The van der Waals surface area contributed by atoms with Crippen LogP contribution in [0.2, 0.25) is 0 Å². The maximum atomic E-state index is 13.9. The van der Waals surface area contributed by atoms with Gasteiger partial charge in [0.05, 0.1) is 25.2 Å². The number of carbonyl (C=O) groups excluding carboxylic acids is 3. The minimum absolute atomic E-state index is 0.191. The van der Waals surface area contributed by atoms with Gasteiger partial charge in [-0.1, -0.05) is 55.5 Å². The van der Waals surface area contributed by atoms with Gasteiger partial charge in [-0.2, -0.15) is 0 Å². The first-order valence-electron chi connectivity index (χ1n) is 12.1. The number of allylic oxidation sites excluding steroid dienone is 3. The predicted molar refractivity (Wildman–Crippen MR) is 134 cm³/mol. The van der Waals surface area contributed by atoms with Crippen molar-refractivity contribution in [2.24, 2.45) is 11.8 Å². The topological polar surface area (TPSA) is 90.9 Å². The Bertz CT molecular complexity index is 1230. The molecule has 1 heterocycles. The highest BCUT2D eigenvalue weighted by atomic mass is 16.5. The van der Waals surface area contributed by atoms with Gasteiger partial charge < -0.3 is 19.5 Å². The number of hydrogen-bond acceptors (Lipinski definition) is 7. The summed E-state index contributed by atoms with van der Waals surface area (Å²) >= 11 is 0. The number of benzene rings is 2. The molecule has 2 aromatic carbocycles. The number of para-hydroxylation sites is 1. The van der Waals surface area contributed by atoms with Crippen LogP contribution in [0.25, 0.3) is 0 Å². The number of nitrogens with one attached hydrogen (secondary N) is 1. The summed E-state index contributed by atoms with van der Waals surface area (Å²) < 4.78 is 16.6. The largest absolute Gasteiger partial charge is 0.489 e. The molecule has 1 aliphatic carbocycles. The summed E-state index contributed by atoms with van der Waals surface area (Å²) in [4.78, 5) is 39.7. The minimum atomic E-state index is -0.947. The van der Waals surface area contributed by atoms with Gasteiger partial charge >= 0.3 is 11.9 Å². The van der Waals surface area contributed by atoms with E-state index in [4.69, 9.17) is 14.2 Å². The van der Waals surface area contributed by atoms with Crippen LogP contribution in [0.1, 0.15) is 44.2 Å². The molecule has 3 atom stereocenters. The fourth-order valence-electron chi connectivity index (χ4n) is 5.06. The zero-order chi connectivity index (χ0) is 25.8. The number of dihydropyridines is 1. The number of carbonyl (C=O) groups is 3. The summed E-state index contributed by atoms with van der Waals surface area (Å²) in [6.07, 6.45) is 0.470. The molecule has 0 amide bonds. The summed E-state index contributed by atoms with van der Waals surface area (Å²) in [6.45, 7) is 5.91. The maximum absolute atomic E-state index is 13.9. The molecule has 1 aliphatic heterocycles. The Morgan fingerprint density at radius 2 is 1.75 bits per heavy atom. The first kappa shape index (κ1) is 25.2. The quantitative estimate of drug-likeness (QED) is 0.454. The molecule has 0 aromatic heterocycles. The first-order valence-corrected chi connectivity index (χ1v) is 12.1. The van der Waals surface area contributed by atoms with E-state index in [1.807, 2.05) is 61.5 Å². The molecule has 0 fully saturated rings. The van der Waals surface area contributed by atoms with Gasteiger partial charge in [-0.15, -0.1) is 0 Å². The van der Waals surface area contributed by atoms with E-state index in [-0.39, 0.29) is 18.3 Å². The Morgan fingerprint density at radius 1 is 1.06 bits per heavy atom. The van der Waals surface area contributed by atoms with Crippen LogP contribution in [-0.2, 0) is 30.5 Å². The molecule has 0 spiro atoms. The van der Waals surface area contributed by atoms with E-state index in [0.29, 0.717) is 46.9 Å². The molecule has 0 saturated carbocycles. The third-order valence-electron chi connectivity index (χ3n) is 6.71. The number of Topliss-reactive ketones (excluding diaryl/α,β-unsaturated/α-hetero) is 1. The summed E-state index contributed by atoms with van der Waals surface area (Å²) in [5.41, 5.74) is 3.69. The van der Waals surface area contributed by atoms with Crippen molar-refractivity contribution in [1.29, 1.82) is 0 Å². The monoisotopic (exact) mass is 489 g/mol. The van der Waals surface area contributed by atoms with Gasteiger partial charge in [0.15, 0.2) is 5.78 Å². The average molecular weight is 490 g/mol. The molecule has 7 heteroatoms. The molecule has 0 bridgehead atoms. The van der Waals surface area contributed by atoms with E-state index in [2.05, 4.69) is 5.32 Å². The molecule has 0 unspecified atom stereocenters. The van der Waals surface area contributed by atoms with Crippen LogP contribution in [0.5, 0.6) is 5.75 Å². The normalized spacial score (nSPS) is 21.4. The lowest BCUT2D eigenvalue weighted by Gasteiger charge is -2.38. The Hall–Kier alpha value is -3.87. The average Bonchev–Trinajstić information content (AvgIpc) is 2.87. The second-order valence-electron chi connectivity index (χ2n) is 9.07. The molecule has 36 heavy (non-hydrogen) atoms. The molecule has 2 aromatic rings. The Balaban J connectivity index is 1.84. The van der Waals surface area contributed by atoms with Crippen LogP contribution in [-0.4, -0.2) is 31.4 Å². The smallest absolute Gasteiger partial charge is 0.336 e. The Kier molecular flexibility index (Phi) is 7.58. The van der Waals surface area contributed by atoms with Gasteiger partial charge in [-0.25, -0.2) is 4.79 Å². The molecule has 2 aliphatic rings. The van der Waals surface area contributed by atoms with Gasteiger partial charge in [-0.05, 0) is 37.8 Å². The fraction of sp³-hybridized carbons (Fsp3) is 0.345. The van der Waals surface area contributed by atoms with Gasteiger partial charge in [0.2, 0.25) is 0 Å².